The minimum Gasteiger partial charge on any atom is -0.448 e. The van der Waals surface area contributed by atoms with E-state index in [9.17, 15) is 9.59 Å². The summed E-state index contributed by atoms with van der Waals surface area (Å²) in [7, 11) is 0. The number of alkyl halides is 1. The number of aromatic nitrogens is 2. The number of halogens is 1. The maximum Gasteiger partial charge on any atom is 0.407 e. The fourth-order valence-electron chi connectivity index (χ4n) is 2.82. The number of rotatable bonds is 4. The van der Waals surface area contributed by atoms with Crippen LogP contribution in [-0.4, -0.2) is 58.5 Å². The zero-order chi connectivity index (χ0) is 16.9. The lowest BCUT2D eigenvalue weighted by molar-refractivity contribution is 0.0703. The van der Waals surface area contributed by atoms with Gasteiger partial charge in [-0.25, -0.2) is 9.78 Å². The standard InChI is InChI=1S/C16H19ClN4O3/c17-5-8-24-16(23)20-12-3-6-21(7-4-12)15(22)11-1-2-13-14(9-11)19-10-18-13/h1-2,9-10,12H,3-8H2,(H,18,19)(H,20,23). The first-order valence-corrected chi connectivity index (χ1v) is 8.42. The minimum absolute atomic E-state index is 0.00494. The highest BCUT2D eigenvalue weighted by molar-refractivity contribution is 6.18. The van der Waals surface area contributed by atoms with E-state index in [1.54, 1.807) is 17.3 Å². The van der Waals surface area contributed by atoms with E-state index in [1.807, 2.05) is 12.1 Å². The van der Waals surface area contributed by atoms with E-state index in [1.165, 1.54) is 0 Å². The number of H-pyrrole nitrogens is 1. The van der Waals surface area contributed by atoms with E-state index in [4.69, 9.17) is 16.3 Å². The summed E-state index contributed by atoms with van der Waals surface area (Å²) in [6, 6.07) is 5.46. The zero-order valence-electron chi connectivity index (χ0n) is 13.1. The van der Waals surface area contributed by atoms with E-state index in [-0.39, 0.29) is 24.4 Å². The molecule has 7 nitrogen and oxygen atoms in total. The number of carbonyl (C=O) groups is 2. The van der Waals surface area contributed by atoms with Gasteiger partial charge in [0, 0.05) is 24.7 Å². The van der Waals surface area contributed by atoms with Crippen LogP contribution in [0.4, 0.5) is 4.79 Å². The number of likely N-dealkylation sites (tertiary alicyclic amines) is 1. The monoisotopic (exact) mass is 350 g/mol. The van der Waals surface area contributed by atoms with Gasteiger partial charge in [-0.1, -0.05) is 0 Å². The fourth-order valence-corrected chi connectivity index (χ4v) is 2.89. The van der Waals surface area contributed by atoms with Crippen LogP contribution in [0, 0.1) is 0 Å². The molecule has 1 aromatic heterocycles. The Morgan fingerprint density at radius 2 is 2.17 bits per heavy atom. The molecule has 0 saturated carbocycles. The van der Waals surface area contributed by atoms with Gasteiger partial charge < -0.3 is 19.9 Å². The van der Waals surface area contributed by atoms with Gasteiger partial charge in [-0.3, -0.25) is 4.79 Å². The summed E-state index contributed by atoms with van der Waals surface area (Å²) in [5.41, 5.74) is 2.32. The van der Waals surface area contributed by atoms with Gasteiger partial charge in [-0.2, -0.15) is 0 Å². The maximum atomic E-state index is 12.6. The Morgan fingerprint density at radius 1 is 1.38 bits per heavy atom. The van der Waals surface area contributed by atoms with Crippen molar-refractivity contribution in [1.29, 1.82) is 0 Å². The van der Waals surface area contributed by atoms with Crippen LogP contribution in [0.3, 0.4) is 0 Å². The molecule has 24 heavy (non-hydrogen) atoms. The summed E-state index contributed by atoms with van der Waals surface area (Å²) >= 11 is 5.47. The highest BCUT2D eigenvalue weighted by Crippen LogP contribution is 2.17. The number of carbonyl (C=O) groups excluding carboxylic acids is 2. The predicted octanol–water partition coefficient (Wildman–Crippen LogP) is 2.13. The second kappa shape index (κ2) is 7.53. The number of nitrogens with one attached hydrogen (secondary N) is 2. The lowest BCUT2D eigenvalue weighted by Crippen LogP contribution is -2.46. The molecule has 2 heterocycles. The third-order valence-corrected chi connectivity index (χ3v) is 4.24. The molecule has 0 atom stereocenters. The number of imidazole rings is 1. The number of ether oxygens (including phenoxy) is 1. The number of hydrogen-bond acceptors (Lipinski definition) is 4. The van der Waals surface area contributed by atoms with Gasteiger partial charge in [0.25, 0.3) is 5.91 Å². The van der Waals surface area contributed by atoms with Crippen molar-refractivity contribution < 1.29 is 14.3 Å². The molecule has 2 N–H and O–H groups in total. The van der Waals surface area contributed by atoms with Gasteiger partial charge in [-0.15, -0.1) is 11.6 Å². The number of amides is 2. The highest BCUT2D eigenvalue weighted by atomic mass is 35.5. The largest absolute Gasteiger partial charge is 0.448 e. The van der Waals surface area contributed by atoms with Gasteiger partial charge in [0.2, 0.25) is 0 Å². The lowest BCUT2D eigenvalue weighted by atomic mass is 10.0. The first-order valence-electron chi connectivity index (χ1n) is 7.89. The SMILES string of the molecule is O=C(NC1CCN(C(=O)c2ccc3nc[nH]c3c2)CC1)OCCCl. The molecule has 0 radical (unpaired) electrons. The quantitative estimate of drug-likeness (QED) is 0.827. The Labute approximate surface area is 144 Å². The van der Waals surface area contributed by atoms with Crippen LogP contribution in [0.1, 0.15) is 23.2 Å². The summed E-state index contributed by atoms with van der Waals surface area (Å²) < 4.78 is 4.90. The molecule has 0 spiro atoms. The first-order chi connectivity index (χ1) is 11.7. The van der Waals surface area contributed by atoms with Gasteiger partial charge in [-0.05, 0) is 31.0 Å². The van der Waals surface area contributed by atoms with E-state index >= 15 is 0 Å². The van der Waals surface area contributed by atoms with Crippen LogP contribution in [0.25, 0.3) is 11.0 Å². The van der Waals surface area contributed by atoms with Crippen LogP contribution in [0.5, 0.6) is 0 Å². The smallest absolute Gasteiger partial charge is 0.407 e. The molecule has 1 aliphatic rings. The Kier molecular flexibility index (Phi) is 5.20. The van der Waals surface area contributed by atoms with Crippen molar-refractivity contribution in [2.24, 2.45) is 0 Å². The number of alkyl carbamates (subject to hydrolysis) is 1. The van der Waals surface area contributed by atoms with Gasteiger partial charge in [0.15, 0.2) is 0 Å². The Hall–Kier alpha value is -2.28. The van der Waals surface area contributed by atoms with Gasteiger partial charge >= 0.3 is 6.09 Å². The molecule has 1 fully saturated rings. The molecular formula is C16H19ClN4O3. The third kappa shape index (κ3) is 3.79. The molecule has 2 aromatic rings. The Morgan fingerprint density at radius 3 is 2.92 bits per heavy atom. The normalized spacial score (nSPS) is 15.5. The van der Waals surface area contributed by atoms with Crippen molar-refractivity contribution in [2.45, 2.75) is 18.9 Å². The fraction of sp³-hybridized carbons (Fsp3) is 0.438. The zero-order valence-corrected chi connectivity index (χ0v) is 13.9. The number of aromatic amines is 1. The predicted molar refractivity (Wildman–Crippen MR) is 90.2 cm³/mol. The van der Waals surface area contributed by atoms with Crippen molar-refractivity contribution >= 4 is 34.6 Å². The number of hydrogen-bond donors (Lipinski definition) is 2. The number of benzene rings is 1. The van der Waals surface area contributed by atoms with Crippen LogP contribution in [0.2, 0.25) is 0 Å². The van der Waals surface area contributed by atoms with Gasteiger partial charge in [0.05, 0.1) is 23.2 Å². The van der Waals surface area contributed by atoms with Crippen LogP contribution < -0.4 is 5.32 Å². The summed E-state index contributed by atoms with van der Waals surface area (Å²) in [4.78, 5) is 33.1. The number of fused-ring (bicyclic) bond motifs is 1. The molecule has 8 heteroatoms. The summed E-state index contributed by atoms with van der Waals surface area (Å²) in [6.45, 7) is 1.39. The average Bonchev–Trinajstić information content (AvgIpc) is 3.07. The summed E-state index contributed by atoms with van der Waals surface area (Å²) in [5, 5.41) is 2.80. The molecule has 0 unspecified atom stereocenters. The molecular weight excluding hydrogens is 332 g/mol. The van der Waals surface area contributed by atoms with Gasteiger partial charge in [0.1, 0.15) is 6.61 Å². The molecule has 1 aliphatic heterocycles. The van der Waals surface area contributed by atoms with Crippen molar-refractivity contribution in [2.75, 3.05) is 25.6 Å². The van der Waals surface area contributed by atoms with E-state index < -0.39 is 6.09 Å². The molecule has 0 bridgehead atoms. The summed E-state index contributed by atoms with van der Waals surface area (Å²) in [6.07, 6.45) is 2.56. The van der Waals surface area contributed by atoms with E-state index in [0.29, 0.717) is 31.5 Å². The van der Waals surface area contributed by atoms with Crippen LogP contribution in [-0.2, 0) is 4.74 Å². The Bertz CT molecular complexity index is 725. The second-order valence-corrected chi connectivity index (χ2v) is 6.05. The second-order valence-electron chi connectivity index (χ2n) is 5.67. The molecule has 0 aliphatic carbocycles. The molecule has 128 valence electrons. The lowest BCUT2D eigenvalue weighted by Gasteiger charge is -2.32. The number of nitrogens with zero attached hydrogens (tertiary/aromatic N) is 2. The van der Waals surface area contributed by atoms with E-state index in [2.05, 4.69) is 15.3 Å². The van der Waals surface area contributed by atoms with Crippen molar-refractivity contribution in [3.63, 3.8) is 0 Å². The van der Waals surface area contributed by atoms with Crippen LogP contribution in [0.15, 0.2) is 24.5 Å². The number of piperidine rings is 1. The third-order valence-electron chi connectivity index (χ3n) is 4.08. The van der Waals surface area contributed by atoms with Crippen LogP contribution >= 0.6 is 11.6 Å². The van der Waals surface area contributed by atoms with Crippen molar-refractivity contribution in [3.05, 3.63) is 30.1 Å². The molecule has 3 rings (SSSR count). The minimum atomic E-state index is -0.454. The first kappa shape index (κ1) is 16.6. The molecule has 1 saturated heterocycles. The van der Waals surface area contributed by atoms with Crippen molar-refractivity contribution in [3.8, 4) is 0 Å². The summed E-state index contributed by atoms with van der Waals surface area (Å²) in [5.74, 6) is 0.274. The highest BCUT2D eigenvalue weighted by Gasteiger charge is 2.25. The molecule has 2 amide bonds. The van der Waals surface area contributed by atoms with Crippen molar-refractivity contribution in [1.82, 2.24) is 20.2 Å². The average molecular weight is 351 g/mol. The maximum absolute atomic E-state index is 12.6. The van der Waals surface area contributed by atoms with E-state index in [0.717, 1.165) is 11.0 Å². The Balaban J connectivity index is 1.54. The topological polar surface area (TPSA) is 87.3 Å². The molecule has 1 aromatic carbocycles.